The number of benzene rings is 2. The summed E-state index contributed by atoms with van der Waals surface area (Å²) in [6.07, 6.45) is 8.35. The summed E-state index contributed by atoms with van der Waals surface area (Å²) in [6, 6.07) is 11.0. The molecule has 0 atom stereocenters. The number of hydrogen-bond acceptors (Lipinski definition) is 1. The second kappa shape index (κ2) is 3.89. The molecule has 106 valence electrons. The van der Waals surface area contributed by atoms with E-state index in [1.165, 1.54) is 37.8 Å². The van der Waals surface area contributed by atoms with Crippen LogP contribution in [-0.2, 0) is 14.1 Å². The molecule has 0 fully saturated rings. The Kier molecular flexibility index (Phi) is 2.09. The Balaban J connectivity index is 2.18. The van der Waals surface area contributed by atoms with E-state index >= 15 is 0 Å². The molecular weight excluding hydrogens is 270 g/mol. The molecular formula is C19H15N3. The lowest BCUT2D eigenvalue weighted by molar-refractivity contribution is 0.934. The van der Waals surface area contributed by atoms with Crippen LogP contribution in [0.2, 0.25) is 0 Å². The van der Waals surface area contributed by atoms with Crippen molar-refractivity contribution in [3.63, 3.8) is 0 Å². The summed E-state index contributed by atoms with van der Waals surface area (Å²) in [4.78, 5) is 4.64. The monoisotopic (exact) mass is 285 g/mol. The fourth-order valence-corrected chi connectivity index (χ4v) is 3.64. The smallest absolute Gasteiger partial charge is 0.0802 e. The number of nitrogens with zero attached hydrogens (tertiary/aromatic N) is 3. The van der Waals surface area contributed by atoms with Crippen LogP contribution in [0.1, 0.15) is 0 Å². The summed E-state index contributed by atoms with van der Waals surface area (Å²) >= 11 is 0. The van der Waals surface area contributed by atoms with Crippen LogP contribution in [0.5, 0.6) is 0 Å². The normalized spacial score (nSPS) is 12.1. The molecule has 0 radical (unpaired) electrons. The molecule has 0 aliphatic rings. The first-order chi connectivity index (χ1) is 10.7. The molecule has 0 saturated heterocycles. The van der Waals surface area contributed by atoms with Crippen molar-refractivity contribution in [3.8, 4) is 0 Å². The molecule has 3 heterocycles. The minimum absolute atomic E-state index is 1.08. The van der Waals surface area contributed by atoms with Crippen LogP contribution < -0.4 is 0 Å². The van der Waals surface area contributed by atoms with Gasteiger partial charge in [-0.25, -0.2) is 0 Å². The third-order valence-corrected chi connectivity index (χ3v) is 4.59. The number of pyridine rings is 1. The van der Waals surface area contributed by atoms with E-state index in [9.17, 15) is 0 Å². The molecule has 3 heteroatoms. The molecule has 0 unspecified atom stereocenters. The molecule has 0 saturated carbocycles. The molecule has 5 aromatic rings. The third-order valence-electron chi connectivity index (χ3n) is 4.59. The van der Waals surface area contributed by atoms with Gasteiger partial charge in [0.2, 0.25) is 0 Å². The third kappa shape index (κ3) is 1.38. The summed E-state index contributed by atoms with van der Waals surface area (Å²) in [5, 5.41) is 7.56. The molecule has 0 bridgehead atoms. The first-order valence-corrected chi connectivity index (χ1v) is 7.43. The lowest BCUT2D eigenvalue weighted by Crippen LogP contribution is -1.89. The number of fused-ring (bicyclic) bond motifs is 7. The summed E-state index contributed by atoms with van der Waals surface area (Å²) in [6.45, 7) is 0. The molecule has 0 amide bonds. The highest BCUT2D eigenvalue weighted by molar-refractivity contribution is 6.25. The van der Waals surface area contributed by atoms with E-state index in [4.69, 9.17) is 0 Å². The van der Waals surface area contributed by atoms with Crippen molar-refractivity contribution >= 4 is 43.4 Å². The van der Waals surface area contributed by atoms with Gasteiger partial charge in [0.05, 0.1) is 11.0 Å². The maximum atomic E-state index is 4.64. The van der Waals surface area contributed by atoms with Crippen LogP contribution >= 0.6 is 0 Å². The lowest BCUT2D eigenvalue weighted by Gasteiger charge is -2.08. The van der Waals surface area contributed by atoms with E-state index in [-0.39, 0.29) is 0 Å². The van der Waals surface area contributed by atoms with Gasteiger partial charge in [0.15, 0.2) is 0 Å². The Labute approximate surface area is 127 Å². The standard InChI is InChI=1S/C19H15N3/c1-21-10-12-8-16-14-4-3-6-20-18(14)15-5-7-22(2)19(15)17(16)9-13(12)11-21/h3-11H,1-2H3. The predicted molar refractivity (Wildman–Crippen MR) is 92.2 cm³/mol. The average Bonchev–Trinajstić information content (AvgIpc) is 3.07. The molecule has 3 aromatic heterocycles. The zero-order valence-corrected chi connectivity index (χ0v) is 12.5. The quantitative estimate of drug-likeness (QED) is 0.387. The van der Waals surface area contributed by atoms with Crippen LogP contribution in [0.4, 0.5) is 0 Å². The maximum Gasteiger partial charge on any atom is 0.0802 e. The minimum atomic E-state index is 1.08. The first kappa shape index (κ1) is 11.8. The van der Waals surface area contributed by atoms with Gasteiger partial charge in [-0.3, -0.25) is 4.98 Å². The van der Waals surface area contributed by atoms with Crippen molar-refractivity contribution in [3.05, 3.63) is 55.1 Å². The molecule has 0 aliphatic carbocycles. The van der Waals surface area contributed by atoms with Gasteiger partial charge in [-0.05, 0) is 35.0 Å². The fraction of sp³-hybridized carbons (Fsp3) is 0.105. The summed E-state index contributed by atoms with van der Waals surface area (Å²) in [7, 11) is 4.17. The molecule has 22 heavy (non-hydrogen) atoms. The van der Waals surface area contributed by atoms with Gasteiger partial charge in [-0.1, -0.05) is 6.07 Å². The minimum Gasteiger partial charge on any atom is -0.356 e. The molecule has 0 spiro atoms. The highest BCUT2D eigenvalue weighted by Crippen LogP contribution is 2.36. The average molecular weight is 285 g/mol. The molecule has 0 aliphatic heterocycles. The van der Waals surface area contributed by atoms with Crippen molar-refractivity contribution in [2.75, 3.05) is 0 Å². The highest BCUT2D eigenvalue weighted by atomic mass is 14.9. The van der Waals surface area contributed by atoms with Crippen molar-refractivity contribution < 1.29 is 0 Å². The summed E-state index contributed by atoms with van der Waals surface area (Å²) in [5.41, 5.74) is 2.34. The predicted octanol–water partition coefficient (Wildman–Crippen LogP) is 4.37. The largest absolute Gasteiger partial charge is 0.356 e. The van der Waals surface area contributed by atoms with Crippen LogP contribution in [0.15, 0.2) is 55.1 Å². The van der Waals surface area contributed by atoms with Crippen LogP contribution in [-0.4, -0.2) is 14.1 Å². The Morgan fingerprint density at radius 1 is 0.864 bits per heavy atom. The number of rotatable bonds is 0. The van der Waals surface area contributed by atoms with E-state index < -0.39 is 0 Å². The molecule has 5 rings (SSSR count). The molecule has 2 aromatic carbocycles. The van der Waals surface area contributed by atoms with Gasteiger partial charge in [-0.15, -0.1) is 0 Å². The van der Waals surface area contributed by atoms with Crippen molar-refractivity contribution in [1.82, 2.24) is 14.1 Å². The number of aryl methyl sites for hydroxylation is 2. The second-order valence-corrected chi connectivity index (χ2v) is 6.04. The Hall–Kier alpha value is -2.81. The first-order valence-electron chi connectivity index (χ1n) is 7.43. The highest BCUT2D eigenvalue weighted by Gasteiger charge is 2.13. The number of hydrogen-bond donors (Lipinski definition) is 0. The van der Waals surface area contributed by atoms with E-state index in [0.717, 1.165) is 5.52 Å². The lowest BCUT2D eigenvalue weighted by atomic mass is 9.99. The Bertz CT molecular complexity index is 1190. The molecule has 0 N–H and O–H groups in total. The SMILES string of the molecule is Cn1cc2cc3c4cccnc4c4ccn(C)c4c3cc2c1. The van der Waals surface area contributed by atoms with Crippen LogP contribution in [0, 0.1) is 0 Å². The van der Waals surface area contributed by atoms with Gasteiger partial charge in [-0.2, -0.15) is 0 Å². The van der Waals surface area contributed by atoms with Crippen LogP contribution in [0.25, 0.3) is 43.4 Å². The van der Waals surface area contributed by atoms with E-state index in [1.807, 2.05) is 12.3 Å². The topological polar surface area (TPSA) is 22.8 Å². The summed E-state index contributed by atoms with van der Waals surface area (Å²) in [5.74, 6) is 0. The fourth-order valence-electron chi connectivity index (χ4n) is 3.64. The zero-order chi connectivity index (χ0) is 14.8. The maximum absolute atomic E-state index is 4.64. The van der Waals surface area contributed by atoms with Gasteiger partial charge in [0.25, 0.3) is 0 Å². The summed E-state index contributed by atoms with van der Waals surface area (Å²) < 4.78 is 4.31. The molecule has 3 nitrogen and oxygen atoms in total. The Morgan fingerprint density at radius 2 is 1.64 bits per heavy atom. The van der Waals surface area contributed by atoms with E-state index in [0.29, 0.717) is 0 Å². The van der Waals surface area contributed by atoms with Crippen molar-refractivity contribution in [2.45, 2.75) is 0 Å². The van der Waals surface area contributed by atoms with Gasteiger partial charge < -0.3 is 9.13 Å². The zero-order valence-electron chi connectivity index (χ0n) is 12.5. The number of aromatic nitrogens is 3. The van der Waals surface area contributed by atoms with E-state index in [1.54, 1.807) is 0 Å². The van der Waals surface area contributed by atoms with E-state index in [2.05, 4.69) is 71.1 Å². The van der Waals surface area contributed by atoms with Crippen molar-refractivity contribution in [1.29, 1.82) is 0 Å². The second-order valence-electron chi connectivity index (χ2n) is 6.04. The van der Waals surface area contributed by atoms with Crippen LogP contribution in [0.3, 0.4) is 0 Å². The van der Waals surface area contributed by atoms with Gasteiger partial charge in [0.1, 0.15) is 0 Å². The Morgan fingerprint density at radius 3 is 2.45 bits per heavy atom. The van der Waals surface area contributed by atoms with Crippen molar-refractivity contribution in [2.24, 2.45) is 14.1 Å². The van der Waals surface area contributed by atoms with Gasteiger partial charge >= 0.3 is 0 Å². The van der Waals surface area contributed by atoms with Gasteiger partial charge in [0, 0.05) is 60.4 Å².